The molecule has 1 saturated heterocycles. The molecular weight excluding hydrogens is 246 g/mol. The van der Waals surface area contributed by atoms with Crippen LogP contribution in [0.15, 0.2) is 0 Å². The number of carbonyl (C=O) groups is 2. The van der Waals surface area contributed by atoms with Crippen LogP contribution in [-0.2, 0) is 9.53 Å². The van der Waals surface area contributed by atoms with Crippen LogP contribution in [0.1, 0.15) is 52.9 Å². The Bertz CT molecular complexity index is 374. The van der Waals surface area contributed by atoms with E-state index in [2.05, 4.69) is 0 Å². The summed E-state index contributed by atoms with van der Waals surface area (Å²) in [5.74, 6) is -0.885. The van der Waals surface area contributed by atoms with E-state index in [9.17, 15) is 14.7 Å². The van der Waals surface area contributed by atoms with Crippen LogP contribution in [-0.4, -0.2) is 34.6 Å². The molecule has 0 aromatic carbocycles. The normalized spacial score (nSPS) is 30.9. The first-order valence-electron chi connectivity index (χ1n) is 7.02. The van der Waals surface area contributed by atoms with Gasteiger partial charge in [0.25, 0.3) is 0 Å². The average Bonchev–Trinajstić information content (AvgIpc) is 2.65. The smallest absolute Gasteiger partial charge is 0.411 e. The molecule has 1 amide bonds. The van der Waals surface area contributed by atoms with Gasteiger partial charge in [-0.15, -0.1) is 0 Å². The van der Waals surface area contributed by atoms with Gasteiger partial charge in [-0.1, -0.05) is 12.8 Å². The molecule has 0 unspecified atom stereocenters. The fourth-order valence-electron chi connectivity index (χ4n) is 3.25. The highest BCUT2D eigenvalue weighted by Gasteiger charge is 2.46. The van der Waals surface area contributed by atoms with Gasteiger partial charge in [-0.05, 0) is 46.0 Å². The third-order valence-corrected chi connectivity index (χ3v) is 3.96. The highest BCUT2D eigenvalue weighted by molar-refractivity contribution is 5.80. The minimum absolute atomic E-state index is 0.00602. The van der Waals surface area contributed by atoms with Crippen molar-refractivity contribution in [3.8, 4) is 0 Å². The second kappa shape index (κ2) is 5.02. The van der Waals surface area contributed by atoms with Gasteiger partial charge in [0.05, 0.1) is 12.0 Å². The standard InChI is InChI=1S/C14H23NO4/c1-14(2,3)19-13(18)15-10-7-5-4-6-9(10)8-11(15)12(16)17/h9-11H,4-8H2,1-3H3,(H,16,17)/p-1/t9-,10-,11+/m1/s1. The van der Waals surface area contributed by atoms with Gasteiger partial charge in [0.15, 0.2) is 0 Å². The van der Waals surface area contributed by atoms with Crippen LogP contribution >= 0.6 is 0 Å². The van der Waals surface area contributed by atoms with Crippen molar-refractivity contribution in [2.45, 2.75) is 70.6 Å². The largest absolute Gasteiger partial charge is 0.548 e. The Balaban J connectivity index is 2.17. The molecule has 5 heteroatoms. The number of ether oxygens (including phenoxy) is 1. The van der Waals surface area contributed by atoms with Crippen molar-refractivity contribution in [1.82, 2.24) is 4.90 Å². The molecule has 0 aromatic rings. The van der Waals surface area contributed by atoms with E-state index in [1.807, 2.05) is 0 Å². The number of likely N-dealkylation sites (tertiary alicyclic amines) is 1. The lowest BCUT2D eigenvalue weighted by Crippen LogP contribution is -2.51. The van der Waals surface area contributed by atoms with E-state index in [-0.39, 0.29) is 12.0 Å². The van der Waals surface area contributed by atoms with E-state index >= 15 is 0 Å². The summed E-state index contributed by atoms with van der Waals surface area (Å²) in [7, 11) is 0. The summed E-state index contributed by atoms with van der Waals surface area (Å²) in [5, 5.41) is 11.3. The summed E-state index contributed by atoms with van der Waals surface area (Å²) >= 11 is 0. The zero-order valence-corrected chi connectivity index (χ0v) is 11.8. The maximum absolute atomic E-state index is 12.2. The number of aliphatic carboxylic acids is 1. The fraction of sp³-hybridized carbons (Fsp3) is 0.857. The first kappa shape index (κ1) is 14.2. The van der Waals surface area contributed by atoms with Crippen LogP contribution in [0, 0.1) is 5.92 Å². The lowest BCUT2D eigenvalue weighted by Gasteiger charge is -2.35. The van der Waals surface area contributed by atoms with Crippen molar-refractivity contribution in [3.05, 3.63) is 0 Å². The van der Waals surface area contributed by atoms with Gasteiger partial charge in [-0.3, -0.25) is 4.90 Å². The molecule has 1 aliphatic carbocycles. The summed E-state index contributed by atoms with van der Waals surface area (Å²) in [6, 6.07) is -0.825. The Labute approximate surface area is 113 Å². The number of amides is 1. The average molecular weight is 268 g/mol. The van der Waals surface area contributed by atoms with E-state index in [0.29, 0.717) is 6.42 Å². The molecule has 19 heavy (non-hydrogen) atoms. The highest BCUT2D eigenvalue weighted by Crippen LogP contribution is 2.40. The third kappa shape index (κ3) is 3.01. The van der Waals surface area contributed by atoms with Gasteiger partial charge in [-0.25, -0.2) is 4.79 Å². The van der Waals surface area contributed by atoms with E-state index < -0.39 is 23.7 Å². The molecule has 2 aliphatic rings. The summed E-state index contributed by atoms with van der Waals surface area (Å²) in [6.45, 7) is 5.36. The maximum Gasteiger partial charge on any atom is 0.411 e. The summed E-state index contributed by atoms with van der Waals surface area (Å²) in [6.07, 6.45) is 4.01. The van der Waals surface area contributed by atoms with Gasteiger partial charge in [-0.2, -0.15) is 0 Å². The molecule has 0 spiro atoms. The molecule has 0 N–H and O–H groups in total. The maximum atomic E-state index is 12.2. The second-order valence-electron chi connectivity index (χ2n) is 6.57. The monoisotopic (exact) mass is 268 g/mol. The number of carbonyl (C=O) groups excluding carboxylic acids is 2. The van der Waals surface area contributed by atoms with Crippen LogP contribution in [0.2, 0.25) is 0 Å². The summed E-state index contributed by atoms with van der Waals surface area (Å²) < 4.78 is 5.35. The van der Waals surface area contributed by atoms with Crippen LogP contribution in [0.5, 0.6) is 0 Å². The molecule has 1 aliphatic heterocycles. The van der Waals surface area contributed by atoms with E-state index in [1.54, 1.807) is 20.8 Å². The molecule has 2 rings (SSSR count). The second-order valence-corrected chi connectivity index (χ2v) is 6.57. The number of carboxylic acids is 1. The van der Waals surface area contributed by atoms with Crippen molar-refractivity contribution >= 4 is 12.1 Å². The number of carboxylic acid groups (broad SMARTS) is 1. The van der Waals surface area contributed by atoms with Gasteiger partial charge < -0.3 is 14.6 Å². The van der Waals surface area contributed by atoms with Crippen LogP contribution in [0.3, 0.4) is 0 Å². The van der Waals surface area contributed by atoms with Gasteiger partial charge in [0, 0.05) is 6.04 Å². The van der Waals surface area contributed by atoms with Crippen molar-refractivity contribution in [1.29, 1.82) is 0 Å². The molecule has 108 valence electrons. The number of hydrogen-bond acceptors (Lipinski definition) is 4. The Hall–Kier alpha value is -1.26. The first-order valence-corrected chi connectivity index (χ1v) is 7.02. The predicted octanol–water partition coefficient (Wildman–Crippen LogP) is 1.30. The Morgan fingerprint density at radius 3 is 2.42 bits per heavy atom. The Morgan fingerprint density at radius 1 is 1.21 bits per heavy atom. The van der Waals surface area contributed by atoms with E-state index in [0.717, 1.165) is 25.7 Å². The minimum Gasteiger partial charge on any atom is -0.548 e. The number of nitrogens with zero attached hydrogens (tertiary/aromatic N) is 1. The molecule has 5 nitrogen and oxygen atoms in total. The zero-order chi connectivity index (χ0) is 14.2. The summed E-state index contributed by atoms with van der Waals surface area (Å²) in [5.41, 5.74) is -0.611. The van der Waals surface area contributed by atoms with Crippen molar-refractivity contribution in [3.63, 3.8) is 0 Å². The molecular formula is C14H22NO4-. The lowest BCUT2D eigenvalue weighted by atomic mass is 9.85. The Kier molecular flexibility index (Phi) is 3.74. The number of fused-ring (bicyclic) bond motifs is 1. The van der Waals surface area contributed by atoms with Gasteiger partial charge in [0.2, 0.25) is 0 Å². The van der Waals surface area contributed by atoms with Crippen LogP contribution in [0.4, 0.5) is 4.79 Å². The SMILES string of the molecule is CC(C)(C)OC(=O)N1[C@@H]2CCCC[C@@H]2C[C@H]1C(=O)[O-]. The summed E-state index contributed by atoms with van der Waals surface area (Å²) in [4.78, 5) is 24.9. The molecule has 3 atom stereocenters. The van der Waals surface area contributed by atoms with Crippen LogP contribution < -0.4 is 5.11 Å². The van der Waals surface area contributed by atoms with Crippen molar-refractivity contribution in [2.24, 2.45) is 5.92 Å². The third-order valence-electron chi connectivity index (χ3n) is 3.96. The Morgan fingerprint density at radius 2 is 1.84 bits per heavy atom. The number of hydrogen-bond donors (Lipinski definition) is 0. The molecule has 0 aromatic heterocycles. The van der Waals surface area contributed by atoms with Gasteiger partial charge in [0.1, 0.15) is 5.60 Å². The molecule has 0 radical (unpaired) electrons. The van der Waals surface area contributed by atoms with E-state index in [1.165, 1.54) is 4.90 Å². The van der Waals surface area contributed by atoms with E-state index in [4.69, 9.17) is 4.74 Å². The minimum atomic E-state index is -1.17. The molecule has 1 heterocycles. The van der Waals surface area contributed by atoms with Gasteiger partial charge >= 0.3 is 6.09 Å². The zero-order valence-electron chi connectivity index (χ0n) is 11.8. The van der Waals surface area contributed by atoms with Crippen molar-refractivity contribution in [2.75, 3.05) is 0 Å². The molecule has 1 saturated carbocycles. The quantitative estimate of drug-likeness (QED) is 0.719. The fourth-order valence-corrected chi connectivity index (χ4v) is 3.25. The predicted molar refractivity (Wildman–Crippen MR) is 67.2 cm³/mol. The van der Waals surface area contributed by atoms with Crippen molar-refractivity contribution < 1.29 is 19.4 Å². The molecule has 0 bridgehead atoms. The topological polar surface area (TPSA) is 69.7 Å². The lowest BCUT2D eigenvalue weighted by molar-refractivity contribution is -0.310. The highest BCUT2D eigenvalue weighted by atomic mass is 16.6. The number of rotatable bonds is 1. The van der Waals surface area contributed by atoms with Crippen LogP contribution in [0.25, 0.3) is 0 Å². The molecule has 2 fully saturated rings. The first-order chi connectivity index (χ1) is 8.79.